The van der Waals surface area contributed by atoms with Crippen molar-refractivity contribution in [1.82, 2.24) is 4.89 Å². The summed E-state index contributed by atoms with van der Waals surface area (Å²) in [7, 11) is -7.17. The number of nitrogens with one attached hydrogen (secondary N) is 1. The van der Waals surface area contributed by atoms with Gasteiger partial charge in [-0.1, -0.05) is 4.89 Å². The Balaban J connectivity index is 2.98. The summed E-state index contributed by atoms with van der Waals surface area (Å²) in [5.41, 5.74) is -0.667. The predicted molar refractivity (Wildman–Crippen MR) is 70.7 cm³/mol. The second kappa shape index (κ2) is 5.20. The van der Waals surface area contributed by atoms with E-state index in [2.05, 4.69) is 0 Å². The monoisotopic (exact) mass is 307 g/mol. The van der Waals surface area contributed by atoms with Crippen LogP contribution in [0.3, 0.4) is 0 Å². The quantitative estimate of drug-likeness (QED) is 0.841. The van der Waals surface area contributed by atoms with Crippen LogP contribution in [-0.2, 0) is 24.7 Å². The van der Waals surface area contributed by atoms with Gasteiger partial charge in [-0.2, -0.15) is 0 Å². The van der Waals surface area contributed by atoms with Gasteiger partial charge in [0.2, 0.25) is 0 Å². The van der Waals surface area contributed by atoms with Crippen LogP contribution >= 0.6 is 0 Å². The third kappa shape index (κ3) is 4.90. The Hall–Kier alpha value is -0.960. The molecule has 0 aliphatic heterocycles. The van der Waals surface area contributed by atoms with Crippen molar-refractivity contribution >= 4 is 19.9 Å². The Kier molecular flexibility index (Phi) is 4.40. The van der Waals surface area contributed by atoms with Gasteiger partial charge in [0.15, 0.2) is 9.84 Å². The molecular weight excluding hydrogens is 290 g/mol. The Morgan fingerprint density at radius 2 is 1.37 bits per heavy atom. The Bertz CT molecular complexity index is 639. The maximum absolute atomic E-state index is 11.9. The van der Waals surface area contributed by atoms with Crippen LogP contribution in [0.2, 0.25) is 0 Å². The third-order valence-corrected chi connectivity index (χ3v) is 4.34. The lowest BCUT2D eigenvalue weighted by molar-refractivity contribution is -0.0357. The summed E-state index contributed by atoms with van der Waals surface area (Å²) in [5, 5.41) is 0. The fraction of sp³-hybridized carbons (Fsp3) is 0.455. The van der Waals surface area contributed by atoms with E-state index >= 15 is 0 Å². The van der Waals surface area contributed by atoms with Crippen molar-refractivity contribution in [3.63, 3.8) is 0 Å². The van der Waals surface area contributed by atoms with Crippen molar-refractivity contribution < 1.29 is 21.7 Å². The molecule has 1 aromatic carbocycles. The molecular formula is C11H17NO5S2. The largest absolute Gasteiger partial charge is 0.281 e. The highest BCUT2D eigenvalue weighted by atomic mass is 32.2. The first-order valence-electron chi connectivity index (χ1n) is 5.42. The first-order chi connectivity index (χ1) is 8.42. The molecule has 0 bridgehead atoms. The molecule has 0 saturated carbocycles. The summed E-state index contributed by atoms with van der Waals surface area (Å²) < 4.78 is 46.2. The van der Waals surface area contributed by atoms with Crippen LogP contribution in [0.25, 0.3) is 0 Å². The second-order valence-electron chi connectivity index (χ2n) is 5.04. The molecule has 0 unspecified atom stereocenters. The summed E-state index contributed by atoms with van der Waals surface area (Å²) in [6.45, 7) is 5.09. The molecule has 0 saturated heterocycles. The second-order valence-corrected chi connectivity index (χ2v) is 8.71. The van der Waals surface area contributed by atoms with Gasteiger partial charge in [-0.3, -0.25) is 4.84 Å². The minimum atomic E-state index is -3.82. The number of sulfone groups is 1. The predicted octanol–water partition coefficient (Wildman–Crippen LogP) is 1.10. The zero-order valence-corrected chi connectivity index (χ0v) is 12.8. The lowest BCUT2D eigenvalue weighted by Gasteiger charge is -2.19. The van der Waals surface area contributed by atoms with Crippen molar-refractivity contribution in [1.29, 1.82) is 0 Å². The van der Waals surface area contributed by atoms with Crippen LogP contribution < -0.4 is 4.89 Å². The number of benzene rings is 1. The molecule has 108 valence electrons. The lowest BCUT2D eigenvalue weighted by atomic mass is 10.2. The van der Waals surface area contributed by atoms with Crippen molar-refractivity contribution in [2.75, 3.05) is 6.26 Å². The summed E-state index contributed by atoms with van der Waals surface area (Å²) in [5.74, 6) is 0. The SMILES string of the molecule is CC(C)(C)ONS(=O)(=O)c1ccc(S(C)(=O)=O)cc1. The smallest absolute Gasteiger partial charge is 0.262 e. The van der Waals surface area contributed by atoms with E-state index in [1.165, 1.54) is 24.3 Å². The number of hydrogen-bond donors (Lipinski definition) is 1. The van der Waals surface area contributed by atoms with E-state index in [4.69, 9.17) is 4.84 Å². The van der Waals surface area contributed by atoms with Crippen molar-refractivity contribution in [3.05, 3.63) is 24.3 Å². The molecule has 1 aromatic rings. The van der Waals surface area contributed by atoms with E-state index in [0.717, 1.165) is 6.26 Å². The van der Waals surface area contributed by atoms with E-state index in [1.54, 1.807) is 20.8 Å². The fourth-order valence-electron chi connectivity index (χ4n) is 1.09. The number of sulfonamides is 1. The van der Waals surface area contributed by atoms with Crippen LogP contribution in [0, 0.1) is 0 Å². The topological polar surface area (TPSA) is 89.5 Å². The minimum Gasteiger partial charge on any atom is -0.281 e. The molecule has 0 amide bonds. The summed E-state index contributed by atoms with van der Waals surface area (Å²) in [4.78, 5) is 6.98. The van der Waals surface area contributed by atoms with Gasteiger partial charge < -0.3 is 0 Å². The third-order valence-electron chi connectivity index (χ3n) is 2.02. The molecule has 1 N–H and O–H groups in total. The number of hydrogen-bond acceptors (Lipinski definition) is 5. The van der Waals surface area contributed by atoms with Gasteiger partial charge in [0.25, 0.3) is 10.0 Å². The summed E-state index contributed by atoms with van der Waals surface area (Å²) >= 11 is 0. The average Bonchev–Trinajstić information content (AvgIpc) is 2.25. The van der Waals surface area contributed by atoms with E-state index in [0.29, 0.717) is 0 Å². The number of rotatable bonds is 4. The van der Waals surface area contributed by atoms with E-state index in [1.807, 2.05) is 4.89 Å². The Labute approximate surface area is 113 Å². The van der Waals surface area contributed by atoms with E-state index in [9.17, 15) is 16.8 Å². The van der Waals surface area contributed by atoms with Crippen molar-refractivity contribution in [2.45, 2.75) is 36.2 Å². The molecule has 0 heterocycles. The first kappa shape index (κ1) is 16.1. The van der Waals surface area contributed by atoms with Crippen molar-refractivity contribution in [2.24, 2.45) is 0 Å². The van der Waals surface area contributed by atoms with Gasteiger partial charge in [-0.25, -0.2) is 16.8 Å². The first-order valence-corrected chi connectivity index (χ1v) is 8.79. The van der Waals surface area contributed by atoms with Gasteiger partial charge in [0.1, 0.15) is 0 Å². The standard InChI is InChI=1S/C11H17NO5S2/c1-11(2,3)17-12-19(15,16)10-7-5-9(6-8-10)18(4,13)14/h5-8,12H,1-4H3. The molecule has 0 aliphatic carbocycles. The zero-order chi connectivity index (χ0) is 14.9. The molecule has 8 heteroatoms. The molecule has 0 aromatic heterocycles. The highest BCUT2D eigenvalue weighted by Gasteiger charge is 2.19. The van der Waals surface area contributed by atoms with Gasteiger partial charge in [-0.05, 0) is 45.0 Å². The molecule has 1 rings (SSSR count). The summed E-state index contributed by atoms with van der Waals surface area (Å²) in [6.07, 6.45) is 1.05. The Morgan fingerprint density at radius 3 is 1.74 bits per heavy atom. The van der Waals surface area contributed by atoms with Crippen LogP contribution in [0.1, 0.15) is 20.8 Å². The van der Waals surface area contributed by atoms with Gasteiger partial charge in [0, 0.05) is 6.26 Å². The molecule has 6 nitrogen and oxygen atoms in total. The molecule has 0 fully saturated rings. The summed E-state index contributed by atoms with van der Waals surface area (Å²) in [6, 6.07) is 4.90. The maximum Gasteiger partial charge on any atom is 0.262 e. The maximum atomic E-state index is 11.9. The zero-order valence-electron chi connectivity index (χ0n) is 11.2. The van der Waals surface area contributed by atoms with Gasteiger partial charge in [0.05, 0.1) is 15.4 Å². The highest BCUT2D eigenvalue weighted by molar-refractivity contribution is 7.90. The van der Waals surface area contributed by atoms with E-state index in [-0.39, 0.29) is 9.79 Å². The van der Waals surface area contributed by atoms with E-state index < -0.39 is 25.5 Å². The van der Waals surface area contributed by atoms with Crippen molar-refractivity contribution in [3.8, 4) is 0 Å². The molecule has 0 spiro atoms. The van der Waals surface area contributed by atoms with Crippen LogP contribution in [0.5, 0.6) is 0 Å². The van der Waals surface area contributed by atoms with Crippen LogP contribution in [-0.4, -0.2) is 28.7 Å². The normalized spacial score (nSPS) is 13.5. The lowest BCUT2D eigenvalue weighted by Crippen LogP contribution is -2.33. The highest BCUT2D eigenvalue weighted by Crippen LogP contribution is 2.15. The average molecular weight is 307 g/mol. The molecule has 19 heavy (non-hydrogen) atoms. The fourth-order valence-corrected chi connectivity index (χ4v) is 2.67. The molecule has 0 aliphatic rings. The van der Waals surface area contributed by atoms with Crippen LogP contribution in [0.15, 0.2) is 34.1 Å². The van der Waals surface area contributed by atoms with Crippen LogP contribution in [0.4, 0.5) is 0 Å². The molecule has 0 radical (unpaired) electrons. The minimum absolute atomic E-state index is 0.0585. The van der Waals surface area contributed by atoms with Gasteiger partial charge in [-0.15, -0.1) is 0 Å². The molecule has 0 atom stereocenters. The Morgan fingerprint density at radius 1 is 0.947 bits per heavy atom. The van der Waals surface area contributed by atoms with Gasteiger partial charge >= 0.3 is 0 Å².